The number of benzene rings is 1. The molecule has 1 aromatic carbocycles. The van der Waals surface area contributed by atoms with Gasteiger partial charge in [0.05, 0.1) is 17.0 Å². The Labute approximate surface area is 201 Å². The van der Waals surface area contributed by atoms with Gasteiger partial charge in [0, 0.05) is 17.3 Å². The lowest BCUT2D eigenvalue weighted by Crippen LogP contribution is -2.14. The molecule has 1 aromatic heterocycles. The van der Waals surface area contributed by atoms with Crippen LogP contribution >= 0.6 is 22.6 Å². The molecule has 2 rings (SSSR count). The summed E-state index contributed by atoms with van der Waals surface area (Å²) in [6.45, 7) is 9.22. The SMILES string of the molecule is C=C\C=C/C(=C\C)C(/C(=N)c1cc(F)ccc1F)=C(/C(=N)F)c1ccccn1.CC.CI. The van der Waals surface area contributed by atoms with Gasteiger partial charge in [-0.25, -0.2) is 8.78 Å². The molecule has 32 heavy (non-hydrogen) atoms. The highest BCUT2D eigenvalue weighted by atomic mass is 127. The van der Waals surface area contributed by atoms with E-state index in [0.29, 0.717) is 5.57 Å². The molecule has 0 fully saturated rings. The summed E-state index contributed by atoms with van der Waals surface area (Å²) in [5.41, 5.74) is -0.778. The summed E-state index contributed by atoms with van der Waals surface area (Å²) in [5, 5.41) is 16.1. The van der Waals surface area contributed by atoms with E-state index in [1.54, 1.807) is 37.3 Å². The summed E-state index contributed by atoms with van der Waals surface area (Å²) < 4.78 is 42.3. The van der Waals surface area contributed by atoms with Crippen molar-refractivity contribution >= 4 is 39.8 Å². The van der Waals surface area contributed by atoms with Crippen LogP contribution in [0.3, 0.4) is 0 Å². The number of halogens is 4. The smallest absolute Gasteiger partial charge is 0.215 e. The van der Waals surface area contributed by atoms with Gasteiger partial charge < -0.3 is 0 Å². The van der Waals surface area contributed by atoms with E-state index in [-0.39, 0.29) is 22.4 Å². The zero-order valence-electron chi connectivity index (χ0n) is 18.5. The fourth-order valence-corrected chi connectivity index (χ4v) is 2.59. The van der Waals surface area contributed by atoms with Gasteiger partial charge in [-0.05, 0) is 47.8 Å². The quantitative estimate of drug-likeness (QED) is 0.156. The lowest BCUT2D eigenvalue weighted by Gasteiger charge is -2.16. The van der Waals surface area contributed by atoms with E-state index < -0.39 is 23.3 Å². The summed E-state index contributed by atoms with van der Waals surface area (Å²) in [6, 6.07) is 7.38. The molecule has 1 heterocycles. The number of hydrogen-bond acceptors (Lipinski definition) is 3. The standard InChI is InChI=1S/C22H18F3N3.C2H6.CH3I/c1-3-5-8-14(4-2)19(20(22(25)27)18-9-6-7-12-28-18)21(26)16-13-15(23)10-11-17(16)24;2*1-2/h3-13,26-27H,1H2,2H3;1-2H3;1H3/b8-5-,14-4+,20-19-,26-21?,27-22?;;. The summed E-state index contributed by atoms with van der Waals surface area (Å²) in [7, 11) is 0. The first-order valence-electron chi connectivity index (χ1n) is 9.68. The second-order valence-electron chi connectivity index (χ2n) is 5.62. The predicted molar refractivity (Wildman–Crippen MR) is 138 cm³/mol. The van der Waals surface area contributed by atoms with Gasteiger partial charge in [-0.3, -0.25) is 15.8 Å². The minimum Gasteiger partial charge on any atom is -0.299 e. The largest absolute Gasteiger partial charge is 0.299 e. The van der Waals surface area contributed by atoms with Crippen molar-refractivity contribution in [3.05, 3.63) is 108 Å². The van der Waals surface area contributed by atoms with E-state index >= 15 is 0 Å². The first-order chi connectivity index (χ1) is 15.4. The maximum atomic E-state index is 14.3. The normalized spacial score (nSPS) is 11.4. The molecule has 0 aliphatic rings. The van der Waals surface area contributed by atoms with E-state index in [2.05, 4.69) is 34.2 Å². The molecule has 170 valence electrons. The van der Waals surface area contributed by atoms with Gasteiger partial charge in [0.15, 0.2) is 0 Å². The highest BCUT2D eigenvalue weighted by molar-refractivity contribution is 14.1. The van der Waals surface area contributed by atoms with Crippen LogP contribution < -0.4 is 0 Å². The molecular formula is C25H27F3IN3. The molecule has 2 aromatic rings. The van der Waals surface area contributed by atoms with Gasteiger partial charge in [0.2, 0.25) is 5.97 Å². The van der Waals surface area contributed by atoms with Crippen molar-refractivity contribution in [2.45, 2.75) is 20.8 Å². The average molecular weight is 553 g/mol. The minimum absolute atomic E-state index is 0.0868. The van der Waals surface area contributed by atoms with Crippen molar-refractivity contribution < 1.29 is 13.2 Å². The Balaban J connectivity index is 0.00000227. The van der Waals surface area contributed by atoms with E-state index in [1.165, 1.54) is 18.3 Å². The number of rotatable bonds is 7. The maximum Gasteiger partial charge on any atom is 0.215 e. The number of pyridine rings is 1. The zero-order valence-corrected chi connectivity index (χ0v) is 20.7. The maximum absolute atomic E-state index is 14.3. The molecule has 7 heteroatoms. The Morgan fingerprint density at radius 3 is 2.25 bits per heavy atom. The van der Waals surface area contributed by atoms with Gasteiger partial charge in [-0.15, -0.1) is 0 Å². The topological polar surface area (TPSA) is 60.6 Å². The van der Waals surface area contributed by atoms with Crippen molar-refractivity contribution in [3.63, 3.8) is 0 Å². The lowest BCUT2D eigenvalue weighted by atomic mass is 9.89. The monoisotopic (exact) mass is 553 g/mol. The van der Waals surface area contributed by atoms with Gasteiger partial charge >= 0.3 is 0 Å². The molecule has 0 bridgehead atoms. The first kappa shape index (κ1) is 29.2. The van der Waals surface area contributed by atoms with Crippen LogP contribution in [0, 0.1) is 22.5 Å². The predicted octanol–water partition coefficient (Wildman–Crippen LogP) is 7.89. The van der Waals surface area contributed by atoms with Crippen molar-refractivity contribution in [2.24, 2.45) is 0 Å². The molecule has 0 aliphatic heterocycles. The molecule has 3 nitrogen and oxygen atoms in total. The van der Waals surface area contributed by atoms with Gasteiger partial charge in [-0.2, -0.15) is 4.39 Å². The molecule has 0 amide bonds. The zero-order chi connectivity index (χ0) is 24.7. The second-order valence-corrected chi connectivity index (χ2v) is 5.62. The van der Waals surface area contributed by atoms with Crippen LogP contribution in [0.15, 0.2) is 84.6 Å². The van der Waals surface area contributed by atoms with Crippen LogP contribution in [0.25, 0.3) is 5.57 Å². The van der Waals surface area contributed by atoms with E-state index in [9.17, 15) is 13.2 Å². The van der Waals surface area contributed by atoms with Crippen LogP contribution in [-0.4, -0.2) is 21.6 Å². The third kappa shape index (κ3) is 8.03. The lowest BCUT2D eigenvalue weighted by molar-refractivity contribution is 0.598. The van der Waals surface area contributed by atoms with Crippen molar-refractivity contribution in [1.82, 2.24) is 4.98 Å². The molecule has 0 saturated heterocycles. The summed E-state index contributed by atoms with van der Waals surface area (Å²) in [4.78, 5) is 6.03. The number of alkyl halides is 1. The van der Waals surface area contributed by atoms with Crippen LogP contribution in [0.1, 0.15) is 32.0 Å². The molecule has 0 saturated carbocycles. The third-order valence-corrected chi connectivity index (χ3v) is 3.85. The summed E-state index contributed by atoms with van der Waals surface area (Å²) in [6.07, 6.45) is 7.57. The molecule has 0 unspecified atom stereocenters. The highest BCUT2D eigenvalue weighted by Gasteiger charge is 2.24. The van der Waals surface area contributed by atoms with Gasteiger partial charge in [0.1, 0.15) is 11.6 Å². The fourth-order valence-electron chi connectivity index (χ4n) is 2.59. The highest BCUT2D eigenvalue weighted by Crippen LogP contribution is 2.29. The number of nitrogens with zero attached hydrogens (tertiary/aromatic N) is 1. The second kappa shape index (κ2) is 15.9. The fraction of sp³-hybridized carbons (Fsp3) is 0.160. The average Bonchev–Trinajstić information content (AvgIpc) is 2.82. The number of nitrogens with one attached hydrogen (secondary N) is 2. The summed E-state index contributed by atoms with van der Waals surface area (Å²) in [5.74, 6) is -2.92. The number of allylic oxidation sites excluding steroid dienone is 7. The van der Waals surface area contributed by atoms with E-state index in [0.717, 1.165) is 18.2 Å². The van der Waals surface area contributed by atoms with Crippen LogP contribution in [0.2, 0.25) is 0 Å². The Morgan fingerprint density at radius 1 is 1.09 bits per heavy atom. The van der Waals surface area contributed by atoms with Crippen molar-refractivity contribution in [1.29, 1.82) is 10.8 Å². The van der Waals surface area contributed by atoms with Crippen molar-refractivity contribution in [2.75, 3.05) is 4.93 Å². The van der Waals surface area contributed by atoms with Crippen molar-refractivity contribution in [3.8, 4) is 0 Å². The number of aromatic nitrogens is 1. The van der Waals surface area contributed by atoms with E-state index in [4.69, 9.17) is 10.8 Å². The molecule has 0 atom stereocenters. The minimum atomic E-state index is -1.35. The summed E-state index contributed by atoms with van der Waals surface area (Å²) >= 11 is 2.15. The number of hydrogen-bond donors (Lipinski definition) is 2. The first-order valence-corrected chi connectivity index (χ1v) is 11.8. The van der Waals surface area contributed by atoms with Crippen LogP contribution in [0.4, 0.5) is 13.2 Å². The molecule has 0 spiro atoms. The van der Waals surface area contributed by atoms with Crippen LogP contribution in [-0.2, 0) is 0 Å². The Hall–Kier alpha value is -2.81. The van der Waals surface area contributed by atoms with E-state index in [1.807, 2.05) is 18.8 Å². The van der Waals surface area contributed by atoms with Crippen LogP contribution in [0.5, 0.6) is 0 Å². The molecule has 2 N–H and O–H groups in total. The van der Waals surface area contributed by atoms with Gasteiger partial charge in [-0.1, -0.05) is 73.4 Å². The molecule has 0 radical (unpaired) electrons. The Bertz CT molecular complexity index is 1010. The Kier molecular flexibility index (Phi) is 14.5. The van der Waals surface area contributed by atoms with Gasteiger partial charge in [0.25, 0.3) is 0 Å². The third-order valence-electron chi connectivity index (χ3n) is 3.85. The molecular weight excluding hydrogens is 526 g/mol. The molecule has 0 aliphatic carbocycles. The Morgan fingerprint density at radius 2 is 1.75 bits per heavy atom.